The number of halogens is 3. The average Bonchev–Trinajstić information content (AvgIpc) is 2.64. The lowest BCUT2D eigenvalue weighted by atomic mass is 10.3. The molecule has 0 radical (unpaired) electrons. The molecule has 1 heterocycles. The Bertz CT molecular complexity index is 607. The number of rotatable bonds is 2. The van der Waals surface area contributed by atoms with Crippen molar-refractivity contribution < 1.29 is 17.6 Å². The van der Waals surface area contributed by atoms with Crippen molar-refractivity contribution in [2.75, 3.05) is 11.4 Å². The minimum Gasteiger partial charge on any atom is -0.308 e. The topological polar surface area (TPSA) is 54.5 Å². The molecule has 0 spiro atoms. The molecule has 1 aliphatic rings. The predicted octanol–water partition coefficient (Wildman–Crippen LogP) is 2.26. The van der Waals surface area contributed by atoms with Crippen molar-refractivity contribution in [1.82, 2.24) is 0 Å². The Labute approximate surface area is 116 Å². The summed E-state index contributed by atoms with van der Waals surface area (Å²) in [6.45, 7) is -0.127. The first-order chi connectivity index (χ1) is 8.30. The number of hydrogen-bond acceptors (Lipinski definition) is 3. The van der Waals surface area contributed by atoms with Crippen LogP contribution < -0.4 is 4.90 Å². The smallest absolute Gasteiger partial charge is 0.237 e. The highest BCUT2D eigenvalue weighted by Gasteiger charge is 2.38. The van der Waals surface area contributed by atoms with Crippen molar-refractivity contribution in [1.29, 1.82) is 0 Å². The van der Waals surface area contributed by atoms with Crippen LogP contribution in [0.4, 0.5) is 10.1 Å². The van der Waals surface area contributed by atoms with Gasteiger partial charge in [0.1, 0.15) is 5.25 Å². The minimum atomic E-state index is -3.82. The molecule has 8 heteroatoms. The van der Waals surface area contributed by atoms with Gasteiger partial charge in [-0.05, 0) is 28.1 Å². The summed E-state index contributed by atoms with van der Waals surface area (Å²) in [7, 11) is 1.40. The van der Waals surface area contributed by atoms with E-state index in [1.807, 2.05) is 0 Å². The van der Waals surface area contributed by atoms with Gasteiger partial charge in [0.15, 0.2) is 5.82 Å². The van der Waals surface area contributed by atoms with E-state index in [1.165, 1.54) is 12.1 Å². The Balaban J connectivity index is 2.36. The third kappa shape index (κ3) is 2.53. The first-order valence-corrected chi connectivity index (χ1v) is 8.15. The molecule has 1 saturated heterocycles. The highest BCUT2D eigenvalue weighted by molar-refractivity contribution is 9.10. The standard InChI is InChI=1S/C10H8BrClFNO3S/c11-7-2-1-3-8(10(7)13)14-5-6(4-9(14)15)18(12,16)17/h1-3,6H,4-5H2. The second-order valence-electron chi connectivity index (χ2n) is 3.88. The number of amides is 1. The van der Waals surface area contributed by atoms with Crippen LogP contribution in [-0.2, 0) is 13.8 Å². The molecule has 98 valence electrons. The Morgan fingerprint density at radius 2 is 2.11 bits per heavy atom. The van der Waals surface area contributed by atoms with Crippen LogP contribution in [0.25, 0.3) is 0 Å². The van der Waals surface area contributed by atoms with Crippen LogP contribution in [0.2, 0.25) is 0 Å². The molecule has 1 unspecified atom stereocenters. The van der Waals surface area contributed by atoms with Gasteiger partial charge < -0.3 is 4.90 Å². The van der Waals surface area contributed by atoms with Crippen LogP contribution in [0.3, 0.4) is 0 Å². The van der Waals surface area contributed by atoms with Gasteiger partial charge in [-0.25, -0.2) is 12.8 Å². The van der Waals surface area contributed by atoms with Crippen molar-refractivity contribution >= 4 is 47.3 Å². The largest absolute Gasteiger partial charge is 0.308 e. The molecule has 18 heavy (non-hydrogen) atoms. The van der Waals surface area contributed by atoms with Crippen molar-refractivity contribution in [2.24, 2.45) is 0 Å². The summed E-state index contributed by atoms with van der Waals surface area (Å²) in [6.07, 6.45) is -0.224. The van der Waals surface area contributed by atoms with Gasteiger partial charge in [0, 0.05) is 23.6 Å². The Hall–Kier alpha value is -0.660. The molecule has 1 fully saturated rings. The van der Waals surface area contributed by atoms with E-state index < -0.39 is 26.0 Å². The van der Waals surface area contributed by atoms with Gasteiger partial charge in [-0.15, -0.1) is 0 Å². The third-order valence-corrected chi connectivity index (χ3v) is 5.19. The molecule has 0 aromatic heterocycles. The lowest BCUT2D eigenvalue weighted by Gasteiger charge is -2.17. The fourth-order valence-electron chi connectivity index (χ4n) is 1.80. The number of carbonyl (C=O) groups is 1. The van der Waals surface area contributed by atoms with E-state index in [2.05, 4.69) is 15.9 Å². The molecule has 1 amide bonds. The lowest BCUT2D eigenvalue weighted by molar-refractivity contribution is -0.117. The fraction of sp³-hybridized carbons (Fsp3) is 0.300. The van der Waals surface area contributed by atoms with E-state index in [4.69, 9.17) is 10.7 Å². The zero-order chi connectivity index (χ0) is 13.5. The first-order valence-electron chi connectivity index (χ1n) is 4.98. The molecule has 0 bridgehead atoms. The van der Waals surface area contributed by atoms with Gasteiger partial charge in [-0.3, -0.25) is 4.79 Å². The summed E-state index contributed by atoms with van der Waals surface area (Å²) in [5.74, 6) is -1.06. The Kier molecular flexibility index (Phi) is 3.66. The third-order valence-electron chi connectivity index (χ3n) is 2.71. The molecule has 1 aromatic carbocycles. The molecule has 0 N–H and O–H groups in total. The van der Waals surface area contributed by atoms with Crippen LogP contribution in [0.15, 0.2) is 22.7 Å². The van der Waals surface area contributed by atoms with E-state index in [1.54, 1.807) is 6.07 Å². The van der Waals surface area contributed by atoms with E-state index >= 15 is 0 Å². The lowest BCUT2D eigenvalue weighted by Crippen LogP contribution is -2.27. The van der Waals surface area contributed by atoms with E-state index in [0.717, 1.165) is 4.90 Å². The molecule has 4 nitrogen and oxygen atoms in total. The van der Waals surface area contributed by atoms with Crippen molar-refractivity contribution in [2.45, 2.75) is 11.7 Å². The van der Waals surface area contributed by atoms with Gasteiger partial charge >= 0.3 is 0 Å². The van der Waals surface area contributed by atoms with Crippen LogP contribution in [-0.4, -0.2) is 26.1 Å². The van der Waals surface area contributed by atoms with Crippen LogP contribution in [0, 0.1) is 5.82 Å². The van der Waals surface area contributed by atoms with Gasteiger partial charge in [0.2, 0.25) is 15.0 Å². The normalized spacial score (nSPS) is 20.5. The summed E-state index contributed by atoms with van der Waals surface area (Å²) in [4.78, 5) is 12.8. The zero-order valence-electron chi connectivity index (χ0n) is 8.94. The van der Waals surface area contributed by atoms with Gasteiger partial charge in [0.05, 0.1) is 10.2 Å². The van der Waals surface area contributed by atoms with E-state index in [-0.39, 0.29) is 23.1 Å². The second-order valence-corrected chi connectivity index (χ2v) is 7.64. The Morgan fingerprint density at radius 3 is 2.67 bits per heavy atom. The molecule has 2 rings (SSSR count). The predicted molar refractivity (Wildman–Crippen MR) is 69.6 cm³/mol. The highest BCUT2D eigenvalue weighted by Crippen LogP contribution is 2.31. The molecule has 0 saturated carbocycles. The number of carbonyl (C=O) groups excluding carboxylic acids is 1. The molecule has 1 aliphatic heterocycles. The fourth-order valence-corrected chi connectivity index (χ4v) is 3.18. The second kappa shape index (κ2) is 4.79. The maximum Gasteiger partial charge on any atom is 0.237 e. The van der Waals surface area contributed by atoms with Crippen LogP contribution in [0.1, 0.15) is 6.42 Å². The van der Waals surface area contributed by atoms with Crippen molar-refractivity contribution in [3.63, 3.8) is 0 Å². The van der Waals surface area contributed by atoms with Gasteiger partial charge in [-0.1, -0.05) is 6.07 Å². The van der Waals surface area contributed by atoms with Crippen LogP contribution >= 0.6 is 26.6 Å². The van der Waals surface area contributed by atoms with E-state index in [0.29, 0.717) is 0 Å². The molecular formula is C10H8BrClFNO3S. The average molecular weight is 357 g/mol. The maximum absolute atomic E-state index is 13.8. The minimum absolute atomic E-state index is 0.0530. The molecule has 1 aromatic rings. The highest BCUT2D eigenvalue weighted by atomic mass is 79.9. The zero-order valence-corrected chi connectivity index (χ0v) is 12.1. The number of anilines is 1. The maximum atomic E-state index is 13.8. The summed E-state index contributed by atoms with van der Waals surface area (Å²) in [5, 5.41) is -0.995. The summed E-state index contributed by atoms with van der Waals surface area (Å²) >= 11 is 3.01. The van der Waals surface area contributed by atoms with Crippen LogP contribution in [0.5, 0.6) is 0 Å². The Morgan fingerprint density at radius 1 is 1.44 bits per heavy atom. The first kappa shape index (κ1) is 13.8. The molecular weight excluding hydrogens is 349 g/mol. The van der Waals surface area contributed by atoms with Crippen molar-refractivity contribution in [3.8, 4) is 0 Å². The van der Waals surface area contributed by atoms with Gasteiger partial charge in [0.25, 0.3) is 0 Å². The quantitative estimate of drug-likeness (QED) is 0.764. The van der Waals surface area contributed by atoms with Gasteiger partial charge in [-0.2, -0.15) is 0 Å². The summed E-state index contributed by atoms with van der Waals surface area (Å²) in [5.41, 5.74) is 0.0530. The number of hydrogen-bond donors (Lipinski definition) is 0. The summed E-state index contributed by atoms with van der Waals surface area (Å²) in [6, 6.07) is 4.48. The number of nitrogens with zero attached hydrogens (tertiary/aromatic N) is 1. The SMILES string of the molecule is O=C1CC(S(=O)(=O)Cl)CN1c1cccc(Br)c1F. The molecule has 0 aliphatic carbocycles. The van der Waals surface area contributed by atoms with E-state index in [9.17, 15) is 17.6 Å². The summed E-state index contributed by atoms with van der Waals surface area (Å²) < 4.78 is 36.4. The number of benzene rings is 1. The monoisotopic (exact) mass is 355 g/mol. The van der Waals surface area contributed by atoms with Crippen molar-refractivity contribution in [3.05, 3.63) is 28.5 Å². The molecule has 1 atom stereocenters.